The number of hydrogen-bond acceptors (Lipinski definition) is 5. The van der Waals surface area contributed by atoms with Crippen molar-refractivity contribution < 1.29 is 40.2 Å². The largest absolute Gasteiger partial charge is 0.741 e. The molecule has 0 bridgehead atoms. The van der Waals surface area contributed by atoms with Gasteiger partial charge < -0.3 is 9.29 Å². The molecule has 1 aromatic heterocycles. The van der Waals surface area contributed by atoms with Crippen LogP contribution in [-0.4, -0.2) is 31.1 Å². The quantitative estimate of drug-likeness (QED) is 0.0639. The van der Waals surface area contributed by atoms with E-state index >= 15 is 0 Å². The van der Waals surface area contributed by atoms with Gasteiger partial charge in [0.2, 0.25) is 0 Å². The second-order valence-corrected chi connectivity index (χ2v) is 9.71. The summed E-state index contributed by atoms with van der Waals surface area (Å²) in [6, 6.07) is 3.60. The number of esters is 1. The molecule has 34 heavy (non-hydrogen) atoms. The van der Waals surface area contributed by atoms with Crippen LogP contribution in [0, 0.1) is 0 Å². The fraction of sp³-hybridized carbons (Fsp3) is 0.739. The van der Waals surface area contributed by atoms with E-state index in [4.69, 9.17) is 29.3 Å². The smallest absolute Gasteiger partial charge is 0.485 e. The third-order valence-electron chi connectivity index (χ3n) is 4.99. The highest BCUT2D eigenvalue weighted by atomic mass is 35.5. The number of aromatic nitrogens is 1. The molecule has 1 aromatic rings. The third-order valence-corrected chi connectivity index (χ3v) is 5.98. The topological polar surface area (TPSA) is 87.4 Å². The van der Waals surface area contributed by atoms with Gasteiger partial charge in [0, 0.05) is 12.5 Å². The minimum atomic E-state index is -6.09. The molecule has 0 aliphatic rings. The van der Waals surface area contributed by atoms with Crippen LogP contribution in [0.15, 0.2) is 18.3 Å². The first kappa shape index (κ1) is 32.6. The standard InChI is InChI=1S/C22H37ClNO2.CHF3O3S/c1-3-5-7-8-9-10-11-12-13-14-19-26-22(25)20-16-15-18-24(21(20)23)17-6-4-2;2-1(3,4)8(5,6)7/h15-16,18H,3-14,17,19H2,1-2H3;(H,5,6,7)/q+1;/p-1. The molecule has 0 saturated heterocycles. The molecule has 6 nitrogen and oxygen atoms in total. The van der Waals surface area contributed by atoms with Gasteiger partial charge >= 0.3 is 11.5 Å². The first-order chi connectivity index (χ1) is 16.0. The first-order valence-corrected chi connectivity index (χ1v) is 13.6. The molecular formula is C23H37ClF3NO5S. The van der Waals surface area contributed by atoms with Crippen molar-refractivity contribution in [1.29, 1.82) is 0 Å². The van der Waals surface area contributed by atoms with Crippen molar-refractivity contribution in [1.82, 2.24) is 0 Å². The Morgan fingerprint density at radius 1 is 0.971 bits per heavy atom. The molecule has 0 fully saturated rings. The van der Waals surface area contributed by atoms with Crippen LogP contribution in [0.4, 0.5) is 13.2 Å². The Bertz CT molecular complexity index is 804. The summed E-state index contributed by atoms with van der Waals surface area (Å²) in [5.41, 5.74) is -5.18. The zero-order valence-electron chi connectivity index (χ0n) is 20.0. The Kier molecular flexibility index (Phi) is 17.2. The van der Waals surface area contributed by atoms with Crippen molar-refractivity contribution in [2.45, 2.75) is 103 Å². The number of alkyl halides is 3. The van der Waals surface area contributed by atoms with Crippen LogP contribution in [-0.2, 0) is 21.4 Å². The predicted molar refractivity (Wildman–Crippen MR) is 124 cm³/mol. The Morgan fingerprint density at radius 3 is 1.91 bits per heavy atom. The van der Waals surface area contributed by atoms with Crippen molar-refractivity contribution in [3.8, 4) is 0 Å². The first-order valence-electron chi connectivity index (χ1n) is 11.8. The number of ether oxygens (including phenoxy) is 1. The van der Waals surface area contributed by atoms with E-state index in [1.807, 2.05) is 16.8 Å². The van der Waals surface area contributed by atoms with E-state index in [-0.39, 0.29) is 5.97 Å². The Labute approximate surface area is 206 Å². The fourth-order valence-corrected chi connectivity index (χ4v) is 3.30. The second-order valence-electron chi connectivity index (χ2n) is 7.98. The number of nitrogens with zero attached hydrogens (tertiary/aromatic N) is 1. The summed E-state index contributed by atoms with van der Waals surface area (Å²) >= 11 is 6.34. The maximum atomic E-state index is 12.2. The number of carbonyl (C=O) groups is 1. The number of carbonyl (C=O) groups excluding carboxylic acids is 1. The lowest BCUT2D eigenvalue weighted by Gasteiger charge is -2.08. The lowest BCUT2D eigenvalue weighted by atomic mass is 10.1. The molecule has 198 valence electrons. The highest BCUT2D eigenvalue weighted by Gasteiger charge is 2.36. The highest BCUT2D eigenvalue weighted by Crippen LogP contribution is 2.20. The lowest BCUT2D eigenvalue weighted by molar-refractivity contribution is -0.695. The van der Waals surface area contributed by atoms with Crippen molar-refractivity contribution in [2.24, 2.45) is 0 Å². The summed E-state index contributed by atoms with van der Waals surface area (Å²) in [5.74, 6) is -0.309. The van der Waals surface area contributed by atoms with E-state index in [9.17, 15) is 18.0 Å². The predicted octanol–water partition coefficient (Wildman–Crippen LogP) is 6.56. The van der Waals surface area contributed by atoms with Crippen molar-refractivity contribution >= 4 is 27.7 Å². The van der Waals surface area contributed by atoms with Gasteiger partial charge in [0.15, 0.2) is 16.3 Å². The molecule has 11 heteroatoms. The maximum absolute atomic E-state index is 12.2. The van der Waals surface area contributed by atoms with Gasteiger partial charge in [-0.05, 0) is 24.1 Å². The molecule has 0 aromatic carbocycles. The van der Waals surface area contributed by atoms with Crippen molar-refractivity contribution in [3.63, 3.8) is 0 Å². The zero-order valence-corrected chi connectivity index (χ0v) is 21.6. The second kappa shape index (κ2) is 18.0. The van der Waals surface area contributed by atoms with Gasteiger partial charge in [-0.15, -0.1) is 0 Å². The summed E-state index contributed by atoms with van der Waals surface area (Å²) in [4.78, 5) is 12.2. The van der Waals surface area contributed by atoms with E-state index < -0.39 is 15.6 Å². The van der Waals surface area contributed by atoms with Crippen LogP contribution >= 0.6 is 11.6 Å². The molecule has 0 amide bonds. The molecule has 0 aliphatic carbocycles. The number of rotatable bonds is 15. The normalized spacial score (nSPS) is 11.6. The molecule has 0 saturated carbocycles. The lowest BCUT2D eigenvalue weighted by Crippen LogP contribution is -2.36. The van der Waals surface area contributed by atoms with Crippen LogP contribution < -0.4 is 4.57 Å². The summed E-state index contributed by atoms with van der Waals surface area (Å²) < 4.78 is 66.2. The van der Waals surface area contributed by atoms with Gasteiger partial charge in [-0.25, -0.2) is 13.2 Å². The average molecular weight is 532 g/mol. The summed E-state index contributed by atoms with van der Waals surface area (Å²) in [6.07, 6.45) is 16.8. The number of pyridine rings is 1. The SMILES string of the molecule is CCCCCCCCCCCCOC(=O)c1ccc[n+](CCCC)c1Cl.O=S(=O)([O-])C(F)(F)F. The molecule has 0 atom stereocenters. The number of halogens is 4. The minimum absolute atomic E-state index is 0.309. The Balaban J connectivity index is 0.00000116. The number of unbranched alkanes of at least 4 members (excludes halogenated alkanes) is 10. The molecule has 0 radical (unpaired) electrons. The van der Waals surface area contributed by atoms with E-state index in [0.717, 1.165) is 32.2 Å². The Hall–Kier alpha value is -1.39. The molecule has 0 N–H and O–H groups in total. The molecule has 1 rings (SSSR count). The summed E-state index contributed by atoms with van der Waals surface area (Å²) in [6.45, 7) is 5.70. The summed E-state index contributed by atoms with van der Waals surface area (Å²) in [7, 11) is -6.09. The van der Waals surface area contributed by atoms with Gasteiger partial charge in [-0.2, -0.15) is 17.7 Å². The minimum Gasteiger partial charge on any atom is -0.741 e. The zero-order chi connectivity index (χ0) is 26.0. The van der Waals surface area contributed by atoms with Crippen molar-refractivity contribution in [3.05, 3.63) is 29.0 Å². The van der Waals surface area contributed by atoms with Crippen molar-refractivity contribution in [2.75, 3.05) is 6.61 Å². The van der Waals surface area contributed by atoms with Crippen LogP contribution in [0.1, 0.15) is 101 Å². The summed E-state index contributed by atoms with van der Waals surface area (Å²) in [5, 5.41) is 0.481. The van der Waals surface area contributed by atoms with E-state index in [1.54, 1.807) is 6.07 Å². The van der Waals surface area contributed by atoms with E-state index in [2.05, 4.69) is 13.8 Å². The molecule has 0 spiro atoms. The van der Waals surface area contributed by atoms with Crippen LogP contribution in [0.3, 0.4) is 0 Å². The third kappa shape index (κ3) is 14.8. The Morgan fingerprint density at radius 2 is 1.44 bits per heavy atom. The highest BCUT2D eigenvalue weighted by molar-refractivity contribution is 7.86. The van der Waals surface area contributed by atoms with Gasteiger partial charge in [-0.1, -0.05) is 78.1 Å². The average Bonchev–Trinajstić information content (AvgIpc) is 2.75. The fourth-order valence-electron chi connectivity index (χ4n) is 3.02. The maximum Gasteiger partial charge on any atom is 0.485 e. The van der Waals surface area contributed by atoms with Gasteiger partial charge in [0.25, 0.3) is 5.15 Å². The van der Waals surface area contributed by atoms with Gasteiger partial charge in [-0.3, -0.25) is 0 Å². The van der Waals surface area contributed by atoms with E-state index in [0.29, 0.717) is 17.3 Å². The van der Waals surface area contributed by atoms with Crippen LogP contribution in [0.5, 0.6) is 0 Å². The van der Waals surface area contributed by atoms with E-state index in [1.165, 1.54) is 51.4 Å². The van der Waals surface area contributed by atoms with Crippen LogP contribution in [0.25, 0.3) is 0 Å². The molecular weight excluding hydrogens is 495 g/mol. The monoisotopic (exact) mass is 531 g/mol. The van der Waals surface area contributed by atoms with Crippen LogP contribution in [0.2, 0.25) is 5.15 Å². The van der Waals surface area contributed by atoms with Gasteiger partial charge in [0.1, 0.15) is 12.1 Å². The molecule has 0 aliphatic heterocycles. The van der Waals surface area contributed by atoms with Gasteiger partial charge in [0.05, 0.1) is 6.61 Å². The molecule has 1 heterocycles. The molecule has 0 unspecified atom stereocenters. The number of hydrogen-bond donors (Lipinski definition) is 0. The number of aryl methyl sites for hydroxylation is 1.